The van der Waals surface area contributed by atoms with Crippen molar-refractivity contribution in [3.63, 3.8) is 0 Å². The fraction of sp³-hybridized carbons (Fsp3) is 0.600. The SMILES string of the molecule is O=C(O)CCCCCCC1C(=O)CC(O)C1CCc1ccccc1.O=C(O)CCCCCCC1C(=O)CCC1CCc1ccccc1. The lowest BCUT2D eigenvalue weighted by Gasteiger charge is -2.21. The van der Waals surface area contributed by atoms with Crippen LogP contribution in [0.4, 0.5) is 0 Å². The van der Waals surface area contributed by atoms with Gasteiger partial charge in [-0.1, -0.05) is 99.2 Å². The van der Waals surface area contributed by atoms with Gasteiger partial charge in [0.15, 0.2) is 0 Å². The van der Waals surface area contributed by atoms with Crippen LogP contribution < -0.4 is 0 Å². The number of carbonyl (C=O) groups is 4. The molecule has 0 aliphatic heterocycles. The molecule has 0 aromatic heterocycles. The molecule has 0 saturated heterocycles. The van der Waals surface area contributed by atoms with Gasteiger partial charge in [-0.05, 0) is 80.8 Å². The van der Waals surface area contributed by atoms with Crippen LogP contribution >= 0.6 is 0 Å². The van der Waals surface area contributed by atoms with Gasteiger partial charge in [-0.2, -0.15) is 0 Å². The Labute approximate surface area is 281 Å². The van der Waals surface area contributed by atoms with Gasteiger partial charge in [-0.3, -0.25) is 19.2 Å². The number of hydrogen-bond donors (Lipinski definition) is 3. The van der Waals surface area contributed by atoms with Gasteiger partial charge in [-0.25, -0.2) is 0 Å². The largest absolute Gasteiger partial charge is 0.481 e. The molecule has 2 fully saturated rings. The first-order valence-corrected chi connectivity index (χ1v) is 18.0. The van der Waals surface area contributed by atoms with E-state index in [1.807, 2.05) is 24.3 Å². The van der Waals surface area contributed by atoms with Crippen LogP contribution in [0.3, 0.4) is 0 Å². The maximum absolute atomic E-state index is 12.2. The molecule has 3 N–H and O–H groups in total. The number of aliphatic carboxylic acids is 2. The van der Waals surface area contributed by atoms with Crippen molar-refractivity contribution in [3.05, 3.63) is 71.8 Å². The van der Waals surface area contributed by atoms with Crippen LogP contribution in [0.25, 0.3) is 0 Å². The van der Waals surface area contributed by atoms with Crippen LogP contribution in [-0.4, -0.2) is 44.9 Å². The van der Waals surface area contributed by atoms with Gasteiger partial charge in [0.25, 0.3) is 0 Å². The summed E-state index contributed by atoms with van der Waals surface area (Å²) in [4.78, 5) is 45.3. The average Bonchev–Trinajstić information content (AvgIpc) is 3.55. The topological polar surface area (TPSA) is 129 Å². The molecule has 0 heterocycles. The Morgan fingerprint density at radius 2 is 1.09 bits per heavy atom. The summed E-state index contributed by atoms with van der Waals surface area (Å²) in [6.45, 7) is 0. The molecule has 0 radical (unpaired) electrons. The van der Waals surface area contributed by atoms with E-state index < -0.39 is 18.0 Å². The lowest BCUT2D eigenvalue weighted by Crippen LogP contribution is -2.21. The minimum absolute atomic E-state index is 0.0248. The Hall–Kier alpha value is -3.32. The zero-order chi connectivity index (χ0) is 33.9. The molecule has 5 unspecified atom stereocenters. The number of aryl methyl sites for hydroxylation is 2. The Bertz CT molecular complexity index is 1210. The molecule has 2 aliphatic carbocycles. The third-order valence-electron chi connectivity index (χ3n) is 10.1. The lowest BCUT2D eigenvalue weighted by molar-refractivity contribution is -0.138. The Morgan fingerprint density at radius 3 is 1.62 bits per heavy atom. The second kappa shape index (κ2) is 21.5. The van der Waals surface area contributed by atoms with E-state index in [-0.39, 0.29) is 36.4 Å². The summed E-state index contributed by atoms with van der Waals surface area (Å²) in [5, 5.41) is 27.5. The number of carboxylic acid groups (broad SMARTS) is 2. The molecule has 0 amide bonds. The van der Waals surface area contributed by atoms with Crippen LogP contribution in [0.2, 0.25) is 0 Å². The highest BCUT2D eigenvalue weighted by atomic mass is 16.4. The van der Waals surface area contributed by atoms with Crippen molar-refractivity contribution < 1.29 is 34.5 Å². The van der Waals surface area contributed by atoms with Gasteiger partial charge in [0.05, 0.1) is 6.10 Å². The summed E-state index contributed by atoms with van der Waals surface area (Å²) in [6, 6.07) is 20.7. The van der Waals surface area contributed by atoms with E-state index in [1.54, 1.807) is 0 Å². The van der Waals surface area contributed by atoms with Crippen molar-refractivity contribution in [1.82, 2.24) is 0 Å². The minimum Gasteiger partial charge on any atom is -0.481 e. The van der Waals surface area contributed by atoms with Crippen molar-refractivity contribution in [2.75, 3.05) is 0 Å². The second-order valence-corrected chi connectivity index (χ2v) is 13.6. The van der Waals surface area contributed by atoms with Crippen molar-refractivity contribution in [1.29, 1.82) is 0 Å². The third kappa shape index (κ3) is 14.5. The molecule has 2 aromatic rings. The number of carbonyl (C=O) groups excluding carboxylic acids is 2. The number of benzene rings is 2. The molecule has 7 heteroatoms. The van der Waals surface area contributed by atoms with E-state index in [4.69, 9.17) is 10.2 Å². The first-order chi connectivity index (χ1) is 22.7. The van der Waals surface area contributed by atoms with Gasteiger partial charge in [0.1, 0.15) is 11.6 Å². The van der Waals surface area contributed by atoms with E-state index in [2.05, 4.69) is 36.4 Å². The summed E-state index contributed by atoms with van der Waals surface area (Å²) in [5.41, 5.74) is 2.61. The molecule has 4 rings (SSSR count). The van der Waals surface area contributed by atoms with Crippen LogP contribution in [-0.2, 0) is 32.0 Å². The zero-order valence-electron chi connectivity index (χ0n) is 28.1. The summed E-state index contributed by atoms with van der Waals surface area (Å²) in [6.07, 6.45) is 15.1. The number of unbranched alkanes of at least 4 members (excludes halogenated alkanes) is 6. The molecule has 0 bridgehead atoms. The van der Waals surface area contributed by atoms with E-state index in [9.17, 15) is 24.3 Å². The number of rotatable bonds is 20. The first kappa shape index (κ1) is 38.1. The molecule has 258 valence electrons. The van der Waals surface area contributed by atoms with E-state index in [0.717, 1.165) is 96.3 Å². The Kier molecular flexibility index (Phi) is 17.5. The number of ketones is 2. The summed E-state index contributed by atoms with van der Waals surface area (Å²) in [5.74, 6) is 0.0292. The maximum atomic E-state index is 12.2. The smallest absolute Gasteiger partial charge is 0.303 e. The van der Waals surface area contributed by atoms with Gasteiger partial charge >= 0.3 is 11.9 Å². The molecule has 2 aliphatic rings. The highest BCUT2D eigenvalue weighted by Gasteiger charge is 2.40. The van der Waals surface area contributed by atoms with Crippen LogP contribution in [0.15, 0.2) is 60.7 Å². The number of aliphatic hydroxyl groups excluding tert-OH is 1. The van der Waals surface area contributed by atoms with Crippen molar-refractivity contribution in [2.45, 2.75) is 128 Å². The van der Waals surface area contributed by atoms with E-state index >= 15 is 0 Å². The molecule has 2 saturated carbocycles. The highest BCUT2D eigenvalue weighted by Crippen LogP contribution is 2.37. The summed E-state index contributed by atoms with van der Waals surface area (Å²) < 4.78 is 0. The quantitative estimate of drug-likeness (QED) is 0.123. The fourth-order valence-corrected chi connectivity index (χ4v) is 7.47. The molecule has 0 spiro atoms. The molecule has 2 aromatic carbocycles. The summed E-state index contributed by atoms with van der Waals surface area (Å²) in [7, 11) is 0. The molecule has 47 heavy (non-hydrogen) atoms. The second-order valence-electron chi connectivity index (χ2n) is 13.6. The number of aliphatic hydroxyl groups is 1. The number of Topliss-reactive ketones (excluding diaryl/α,β-unsaturated/α-hetero) is 2. The zero-order valence-corrected chi connectivity index (χ0v) is 28.1. The molecular formula is C40H56O7. The Morgan fingerprint density at radius 1 is 0.596 bits per heavy atom. The van der Waals surface area contributed by atoms with Gasteiger partial charge < -0.3 is 15.3 Å². The standard InChI is InChI=1S/C20H28O4.C20H28O3/c21-18-14-19(22)17(13-12-15-8-4-3-5-9-15)16(18)10-6-1-2-7-11-20(23)24;21-19-15-14-17(13-12-16-8-4-3-5-9-16)18(19)10-6-1-2-7-11-20(22)23/h3-5,8-9,16-17,19,22H,1-2,6-7,10-14H2,(H,23,24);3-5,8-9,17-18H,1-2,6-7,10-15H2,(H,22,23). The summed E-state index contributed by atoms with van der Waals surface area (Å²) >= 11 is 0. The van der Waals surface area contributed by atoms with Gasteiger partial charge in [0, 0.05) is 37.5 Å². The maximum Gasteiger partial charge on any atom is 0.303 e. The fourth-order valence-electron chi connectivity index (χ4n) is 7.47. The monoisotopic (exact) mass is 648 g/mol. The molecular weight excluding hydrogens is 592 g/mol. The molecule has 5 atom stereocenters. The first-order valence-electron chi connectivity index (χ1n) is 18.0. The lowest BCUT2D eigenvalue weighted by atomic mass is 9.85. The van der Waals surface area contributed by atoms with Crippen molar-refractivity contribution in [3.8, 4) is 0 Å². The predicted molar refractivity (Wildman–Crippen MR) is 184 cm³/mol. The van der Waals surface area contributed by atoms with Crippen molar-refractivity contribution >= 4 is 23.5 Å². The van der Waals surface area contributed by atoms with Crippen LogP contribution in [0, 0.1) is 23.7 Å². The van der Waals surface area contributed by atoms with E-state index in [0.29, 0.717) is 24.5 Å². The van der Waals surface area contributed by atoms with E-state index in [1.165, 1.54) is 11.1 Å². The molecule has 7 nitrogen and oxygen atoms in total. The number of hydrogen-bond acceptors (Lipinski definition) is 5. The predicted octanol–water partition coefficient (Wildman–Crippen LogP) is 8.25. The average molecular weight is 649 g/mol. The highest BCUT2D eigenvalue weighted by molar-refractivity contribution is 5.84. The van der Waals surface area contributed by atoms with Gasteiger partial charge in [0.2, 0.25) is 0 Å². The van der Waals surface area contributed by atoms with Crippen LogP contribution in [0.1, 0.15) is 120 Å². The third-order valence-corrected chi connectivity index (χ3v) is 10.1. The van der Waals surface area contributed by atoms with Crippen LogP contribution in [0.5, 0.6) is 0 Å². The number of carboxylic acids is 2. The normalized spacial score (nSPS) is 22.2. The van der Waals surface area contributed by atoms with Crippen molar-refractivity contribution in [2.24, 2.45) is 23.7 Å². The van der Waals surface area contributed by atoms with Gasteiger partial charge in [-0.15, -0.1) is 0 Å². The Balaban J connectivity index is 0.000000256. The minimum atomic E-state index is -0.745.